The molecule has 2 fully saturated rings. The Morgan fingerprint density at radius 2 is 1.61 bits per heavy atom. The Hall–Kier alpha value is -2.08. The first kappa shape index (κ1) is 19.2. The van der Waals surface area contributed by atoms with E-state index in [2.05, 4.69) is 10.3 Å². The smallest absolute Gasteiger partial charge is 0.326 e. The second kappa shape index (κ2) is 8.52. The van der Waals surface area contributed by atoms with Crippen molar-refractivity contribution in [3.8, 4) is 0 Å². The van der Waals surface area contributed by atoms with E-state index < -0.39 is 5.91 Å². The molecule has 152 valence electrons. The number of aromatic nitrogens is 2. The van der Waals surface area contributed by atoms with Crippen LogP contribution < -0.4 is 16.7 Å². The lowest BCUT2D eigenvalue weighted by molar-refractivity contribution is 0.100. The molecule has 0 bridgehead atoms. The number of H-pyrrole nitrogens is 1. The summed E-state index contributed by atoms with van der Waals surface area (Å²) < 4.78 is 1.88. The van der Waals surface area contributed by atoms with Gasteiger partial charge in [-0.3, -0.25) is 9.36 Å². The molecule has 1 aromatic carbocycles. The van der Waals surface area contributed by atoms with Crippen LogP contribution in [0.3, 0.4) is 0 Å². The van der Waals surface area contributed by atoms with E-state index in [0.717, 1.165) is 31.2 Å². The highest BCUT2D eigenvalue weighted by Gasteiger charge is 2.26. The number of hydrogen-bond acceptors (Lipinski definition) is 3. The molecule has 0 radical (unpaired) electrons. The summed E-state index contributed by atoms with van der Waals surface area (Å²) in [5, 5.41) is 3.92. The molecule has 4 rings (SSSR count). The van der Waals surface area contributed by atoms with Crippen molar-refractivity contribution in [3.05, 3.63) is 34.2 Å². The molecule has 0 spiro atoms. The largest absolute Gasteiger partial charge is 0.366 e. The van der Waals surface area contributed by atoms with Crippen molar-refractivity contribution in [2.24, 2.45) is 5.73 Å². The molecule has 2 aromatic rings. The summed E-state index contributed by atoms with van der Waals surface area (Å²) in [5.41, 5.74) is 7.25. The number of carbonyl (C=O) groups excluding carboxylic acids is 1. The van der Waals surface area contributed by atoms with Crippen molar-refractivity contribution in [3.63, 3.8) is 0 Å². The minimum atomic E-state index is -0.476. The molecule has 2 saturated carbocycles. The Morgan fingerprint density at radius 3 is 2.29 bits per heavy atom. The van der Waals surface area contributed by atoms with Crippen LogP contribution >= 0.6 is 0 Å². The summed E-state index contributed by atoms with van der Waals surface area (Å²) >= 11 is 0. The van der Waals surface area contributed by atoms with E-state index in [-0.39, 0.29) is 11.7 Å². The van der Waals surface area contributed by atoms with Gasteiger partial charge in [-0.15, -0.1) is 0 Å². The molecule has 28 heavy (non-hydrogen) atoms. The van der Waals surface area contributed by atoms with E-state index in [9.17, 15) is 9.59 Å². The molecule has 1 aromatic heterocycles. The van der Waals surface area contributed by atoms with Gasteiger partial charge in [-0.1, -0.05) is 32.1 Å². The number of amides is 1. The molecule has 6 nitrogen and oxygen atoms in total. The predicted molar refractivity (Wildman–Crippen MR) is 112 cm³/mol. The number of aromatic amines is 1. The maximum Gasteiger partial charge on any atom is 0.326 e. The highest BCUT2D eigenvalue weighted by Crippen LogP contribution is 2.31. The van der Waals surface area contributed by atoms with Gasteiger partial charge in [0.05, 0.1) is 11.0 Å². The molecule has 0 unspecified atom stereocenters. The van der Waals surface area contributed by atoms with Gasteiger partial charge in [0.2, 0.25) is 5.91 Å². The molecule has 2 aliphatic rings. The highest BCUT2D eigenvalue weighted by molar-refractivity contribution is 5.96. The van der Waals surface area contributed by atoms with Gasteiger partial charge in [0.1, 0.15) is 0 Å². The number of hydrogen-bond donors (Lipinski definition) is 3. The molecule has 1 heterocycles. The summed E-state index contributed by atoms with van der Waals surface area (Å²) in [4.78, 5) is 26.9. The third kappa shape index (κ3) is 4.17. The van der Waals surface area contributed by atoms with Gasteiger partial charge >= 0.3 is 5.69 Å². The van der Waals surface area contributed by atoms with E-state index in [4.69, 9.17) is 5.73 Å². The molecule has 1 amide bonds. The van der Waals surface area contributed by atoms with Crippen LogP contribution in [0.5, 0.6) is 0 Å². The second-order valence-electron chi connectivity index (χ2n) is 8.61. The second-order valence-corrected chi connectivity index (χ2v) is 8.61. The van der Waals surface area contributed by atoms with Crippen LogP contribution in [0, 0.1) is 0 Å². The number of rotatable bonds is 4. The Labute approximate surface area is 165 Å². The molecule has 0 aliphatic heterocycles. The lowest BCUT2D eigenvalue weighted by Crippen LogP contribution is -2.41. The number of nitrogens with two attached hydrogens (primary N) is 1. The lowest BCUT2D eigenvalue weighted by Gasteiger charge is -2.33. The fourth-order valence-electron chi connectivity index (χ4n) is 5.10. The first-order valence-electron chi connectivity index (χ1n) is 10.9. The number of carbonyl (C=O) groups is 1. The summed E-state index contributed by atoms with van der Waals surface area (Å²) in [6, 6.07) is 6.68. The molecule has 6 heteroatoms. The normalized spacial score (nSPS) is 24.7. The van der Waals surface area contributed by atoms with Gasteiger partial charge in [-0.05, 0) is 56.7 Å². The van der Waals surface area contributed by atoms with Gasteiger partial charge < -0.3 is 16.0 Å². The first-order chi connectivity index (χ1) is 13.6. The molecular formula is C22H32N4O2. The fraction of sp³-hybridized carbons (Fsp3) is 0.636. The number of nitrogens with zero attached hydrogens (tertiary/aromatic N) is 1. The Morgan fingerprint density at radius 1 is 0.964 bits per heavy atom. The number of primary amides is 1. The van der Waals surface area contributed by atoms with Gasteiger partial charge in [0.15, 0.2) is 0 Å². The van der Waals surface area contributed by atoms with Gasteiger partial charge in [0.25, 0.3) is 0 Å². The third-order valence-electron chi connectivity index (χ3n) is 6.64. The number of nitrogens with one attached hydrogen (secondary N) is 2. The highest BCUT2D eigenvalue weighted by atomic mass is 16.1. The van der Waals surface area contributed by atoms with Crippen LogP contribution in [-0.2, 0) is 0 Å². The summed E-state index contributed by atoms with van der Waals surface area (Å²) in [5.74, 6) is -0.476. The maximum atomic E-state index is 12.6. The van der Waals surface area contributed by atoms with E-state index in [1.165, 1.54) is 44.9 Å². The van der Waals surface area contributed by atoms with Gasteiger partial charge in [-0.25, -0.2) is 4.79 Å². The quantitative estimate of drug-likeness (QED) is 0.752. The average molecular weight is 385 g/mol. The summed E-state index contributed by atoms with van der Waals surface area (Å²) in [6.07, 6.45) is 13.7. The van der Waals surface area contributed by atoms with Gasteiger partial charge in [-0.2, -0.15) is 0 Å². The number of imidazole rings is 1. The minimum Gasteiger partial charge on any atom is -0.366 e. The zero-order valence-corrected chi connectivity index (χ0v) is 16.6. The van der Waals surface area contributed by atoms with Crippen LogP contribution in [-0.4, -0.2) is 27.5 Å². The van der Waals surface area contributed by atoms with E-state index in [1.807, 2.05) is 10.6 Å². The van der Waals surface area contributed by atoms with Crippen LogP contribution in [0.1, 0.15) is 87.0 Å². The van der Waals surface area contributed by atoms with E-state index in [1.54, 1.807) is 12.1 Å². The fourth-order valence-corrected chi connectivity index (χ4v) is 5.10. The van der Waals surface area contributed by atoms with Crippen molar-refractivity contribution >= 4 is 16.9 Å². The monoisotopic (exact) mass is 384 g/mol. The zero-order chi connectivity index (χ0) is 19.5. The average Bonchev–Trinajstić information content (AvgIpc) is 2.99. The minimum absolute atomic E-state index is 0.0898. The lowest BCUT2D eigenvalue weighted by atomic mass is 9.89. The van der Waals surface area contributed by atoms with E-state index >= 15 is 0 Å². The molecular weight excluding hydrogens is 352 g/mol. The van der Waals surface area contributed by atoms with Crippen LogP contribution in [0.15, 0.2) is 23.0 Å². The van der Waals surface area contributed by atoms with Crippen LogP contribution in [0.4, 0.5) is 0 Å². The van der Waals surface area contributed by atoms with E-state index in [0.29, 0.717) is 23.2 Å². The van der Waals surface area contributed by atoms with Crippen molar-refractivity contribution in [2.45, 2.75) is 88.8 Å². The molecule has 2 aliphatic carbocycles. The van der Waals surface area contributed by atoms with Crippen molar-refractivity contribution in [1.82, 2.24) is 14.9 Å². The van der Waals surface area contributed by atoms with Crippen molar-refractivity contribution in [1.29, 1.82) is 0 Å². The SMILES string of the molecule is NC(=O)c1ccc2c(c1)[nH]c(=O)n2C1CCC(NC2CCCCCCC2)CC1. The molecule has 4 N–H and O–H groups in total. The topological polar surface area (TPSA) is 92.9 Å². The molecule has 0 atom stereocenters. The summed E-state index contributed by atoms with van der Waals surface area (Å²) in [6.45, 7) is 0. The number of benzene rings is 1. The standard InChI is InChI=1S/C22H32N4O2/c23-21(27)15-8-13-20-19(14-15)25-22(28)26(20)18-11-9-17(10-12-18)24-16-6-4-2-1-3-5-7-16/h8,13-14,16-18,24H,1-7,9-12H2,(H2,23,27)(H,25,28). The molecule has 0 saturated heterocycles. The van der Waals surface area contributed by atoms with Crippen LogP contribution in [0.25, 0.3) is 11.0 Å². The Bertz CT molecular complexity index is 868. The first-order valence-corrected chi connectivity index (χ1v) is 10.9. The Kier molecular flexibility index (Phi) is 5.85. The van der Waals surface area contributed by atoms with Crippen molar-refractivity contribution in [2.75, 3.05) is 0 Å². The maximum absolute atomic E-state index is 12.6. The third-order valence-corrected chi connectivity index (χ3v) is 6.64. The van der Waals surface area contributed by atoms with Crippen LogP contribution in [0.2, 0.25) is 0 Å². The Balaban J connectivity index is 1.41. The van der Waals surface area contributed by atoms with Gasteiger partial charge in [0, 0.05) is 23.7 Å². The van der Waals surface area contributed by atoms with Crippen molar-refractivity contribution < 1.29 is 4.79 Å². The zero-order valence-electron chi connectivity index (χ0n) is 16.6. The predicted octanol–water partition coefficient (Wildman–Crippen LogP) is 3.61. The number of fused-ring (bicyclic) bond motifs is 1. The summed E-state index contributed by atoms with van der Waals surface area (Å²) in [7, 11) is 0.